The Morgan fingerprint density at radius 2 is 1.89 bits per heavy atom. The Labute approximate surface area is 126 Å². The van der Waals surface area contributed by atoms with Crippen molar-refractivity contribution in [1.29, 1.82) is 0 Å². The van der Waals surface area contributed by atoms with Gasteiger partial charge in [0.05, 0.1) is 12.0 Å². The van der Waals surface area contributed by atoms with Gasteiger partial charge < -0.3 is 4.74 Å². The molecule has 3 heteroatoms. The summed E-state index contributed by atoms with van der Waals surface area (Å²) in [6, 6.07) is 12.5. The quantitative estimate of drug-likeness (QED) is 0.699. The fourth-order valence-electron chi connectivity index (χ4n) is 2.32. The molecule has 1 aliphatic rings. The summed E-state index contributed by atoms with van der Waals surface area (Å²) in [7, 11) is 0. The third kappa shape index (κ3) is 2.52. The van der Waals surface area contributed by atoms with Gasteiger partial charge in [-0.05, 0) is 41.3 Å². The van der Waals surface area contributed by atoms with Crippen LogP contribution in [0.15, 0.2) is 40.9 Å². The molecule has 1 nitrogen and oxygen atoms in total. The molecule has 0 spiro atoms. The van der Waals surface area contributed by atoms with Crippen molar-refractivity contribution in [2.75, 3.05) is 6.61 Å². The van der Waals surface area contributed by atoms with Gasteiger partial charge in [-0.3, -0.25) is 0 Å². The lowest BCUT2D eigenvalue weighted by atomic mass is 10.0. The maximum Gasteiger partial charge on any atom is 0.122 e. The van der Waals surface area contributed by atoms with Gasteiger partial charge in [0, 0.05) is 10.9 Å². The Morgan fingerprint density at radius 3 is 2.68 bits per heavy atom. The molecule has 0 bridgehead atoms. The molecule has 3 rings (SSSR count). The minimum Gasteiger partial charge on any atom is -0.493 e. The van der Waals surface area contributed by atoms with Crippen molar-refractivity contribution in [2.24, 2.45) is 0 Å². The molecule has 0 aliphatic carbocycles. The van der Waals surface area contributed by atoms with Crippen LogP contribution in [0.4, 0.5) is 0 Å². The molecular formula is C16H14BrClO. The molecule has 19 heavy (non-hydrogen) atoms. The second-order valence-corrected chi connectivity index (χ2v) is 6.13. The molecule has 1 heterocycles. The van der Waals surface area contributed by atoms with E-state index in [9.17, 15) is 0 Å². The van der Waals surface area contributed by atoms with Crippen LogP contribution in [0, 0.1) is 6.92 Å². The van der Waals surface area contributed by atoms with Crippen molar-refractivity contribution in [3.05, 3.63) is 63.1 Å². The monoisotopic (exact) mass is 336 g/mol. The van der Waals surface area contributed by atoms with Gasteiger partial charge in [-0.15, -0.1) is 11.6 Å². The summed E-state index contributed by atoms with van der Waals surface area (Å²) in [5, 5.41) is -0.122. The number of rotatable bonds is 2. The van der Waals surface area contributed by atoms with Gasteiger partial charge in [-0.1, -0.05) is 40.2 Å². The molecule has 0 fully saturated rings. The summed E-state index contributed by atoms with van der Waals surface area (Å²) < 4.78 is 6.62. The van der Waals surface area contributed by atoms with E-state index >= 15 is 0 Å². The molecule has 0 N–H and O–H groups in total. The Morgan fingerprint density at radius 1 is 1.16 bits per heavy atom. The zero-order valence-corrected chi connectivity index (χ0v) is 13.0. The average molecular weight is 338 g/mol. The maximum atomic E-state index is 6.60. The number of hydrogen-bond donors (Lipinski definition) is 0. The number of alkyl halides is 1. The molecule has 0 amide bonds. The Kier molecular flexibility index (Phi) is 3.55. The SMILES string of the molecule is Cc1ccc(C(Cl)c2ccc3c(c2)CCO3)cc1Br. The van der Waals surface area contributed by atoms with Crippen LogP contribution >= 0.6 is 27.5 Å². The molecular weight excluding hydrogens is 324 g/mol. The zero-order valence-electron chi connectivity index (χ0n) is 10.6. The van der Waals surface area contributed by atoms with Crippen molar-refractivity contribution in [3.63, 3.8) is 0 Å². The van der Waals surface area contributed by atoms with Crippen LogP contribution in [0.3, 0.4) is 0 Å². The number of aryl methyl sites for hydroxylation is 1. The predicted octanol–water partition coefficient (Wildman–Crippen LogP) is 5.02. The fourth-order valence-corrected chi connectivity index (χ4v) is 2.99. The molecule has 0 saturated carbocycles. The largest absolute Gasteiger partial charge is 0.493 e. The molecule has 1 unspecified atom stereocenters. The first-order valence-corrected chi connectivity index (χ1v) is 7.54. The molecule has 0 radical (unpaired) electrons. The van der Waals surface area contributed by atoms with E-state index in [4.69, 9.17) is 16.3 Å². The molecule has 98 valence electrons. The second kappa shape index (κ2) is 5.18. The normalized spacial score (nSPS) is 14.9. The van der Waals surface area contributed by atoms with Crippen LogP contribution in [0.5, 0.6) is 5.75 Å². The first-order valence-electron chi connectivity index (χ1n) is 6.31. The summed E-state index contributed by atoms with van der Waals surface area (Å²) in [6.45, 7) is 2.85. The van der Waals surface area contributed by atoms with E-state index in [1.54, 1.807) is 0 Å². The van der Waals surface area contributed by atoms with E-state index in [0.29, 0.717) is 0 Å². The van der Waals surface area contributed by atoms with Gasteiger partial charge in [0.25, 0.3) is 0 Å². The minimum atomic E-state index is -0.122. The van der Waals surface area contributed by atoms with Gasteiger partial charge in [0.2, 0.25) is 0 Å². The lowest BCUT2D eigenvalue weighted by Gasteiger charge is -2.13. The predicted molar refractivity (Wildman–Crippen MR) is 82.2 cm³/mol. The third-order valence-electron chi connectivity index (χ3n) is 3.49. The highest BCUT2D eigenvalue weighted by atomic mass is 79.9. The van der Waals surface area contributed by atoms with Crippen LogP contribution in [0.1, 0.15) is 27.6 Å². The molecule has 1 atom stereocenters. The topological polar surface area (TPSA) is 9.23 Å². The molecule has 0 saturated heterocycles. The molecule has 0 aromatic heterocycles. The van der Waals surface area contributed by atoms with E-state index in [2.05, 4.69) is 53.2 Å². The van der Waals surface area contributed by atoms with E-state index in [1.165, 1.54) is 11.1 Å². The smallest absolute Gasteiger partial charge is 0.122 e. The van der Waals surface area contributed by atoms with E-state index in [-0.39, 0.29) is 5.38 Å². The number of halogens is 2. The van der Waals surface area contributed by atoms with Gasteiger partial charge >= 0.3 is 0 Å². The molecule has 1 aliphatic heterocycles. The van der Waals surface area contributed by atoms with Gasteiger partial charge in [-0.2, -0.15) is 0 Å². The average Bonchev–Trinajstić information content (AvgIpc) is 2.88. The van der Waals surface area contributed by atoms with Gasteiger partial charge in [0.1, 0.15) is 5.75 Å². The van der Waals surface area contributed by atoms with E-state index in [0.717, 1.165) is 34.4 Å². The Hall–Kier alpha value is -0.990. The summed E-state index contributed by atoms with van der Waals surface area (Å²) in [5.41, 5.74) is 4.71. The van der Waals surface area contributed by atoms with Crippen LogP contribution < -0.4 is 4.74 Å². The third-order valence-corrected chi connectivity index (χ3v) is 4.85. The molecule has 2 aromatic rings. The van der Waals surface area contributed by atoms with Crippen molar-refractivity contribution >= 4 is 27.5 Å². The van der Waals surface area contributed by atoms with Crippen LogP contribution in [-0.4, -0.2) is 6.61 Å². The van der Waals surface area contributed by atoms with E-state index < -0.39 is 0 Å². The first-order chi connectivity index (χ1) is 9.15. The van der Waals surface area contributed by atoms with Crippen LogP contribution in [0.25, 0.3) is 0 Å². The summed E-state index contributed by atoms with van der Waals surface area (Å²) in [5.74, 6) is 0.998. The minimum absolute atomic E-state index is 0.122. The maximum absolute atomic E-state index is 6.60. The molecule has 2 aromatic carbocycles. The Bertz CT molecular complexity index is 624. The van der Waals surface area contributed by atoms with Crippen molar-refractivity contribution in [2.45, 2.75) is 18.7 Å². The van der Waals surface area contributed by atoms with Gasteiger partial charge in [0.15, 0.2) is 0 Å². The van der Waals surface area contributed by atoms with Crippen molar-refractivity contribution < 1.29 is 4.74 Å². The first kappa shape index (κ1) is 13.0. The van der Waals surface area contributed by atoms with Crippen molar-refractivity contribution in [1.82, 2.24) is 0 Å². The van der Waals surface area contributed by atoms with E-state index in [1.807, 2.05) is 6.07 Å². The number of fused-ring (bicyclic) bond motifs is 1. The van der Waals surface area contributed by atoms with Crippen LogP contribution in [-0.2, 0) is 6.42 Å². The Balaban J connectivity index is 1.94. The highest BCUT2D eigenvalue weighted by Crippen LogP contribution is 2.35. The number of benzene rings is 2. The van der Waals surface area contributed by atoms with Crippen molar-refractivity contribution in [3.8, 4) is 5.75 Å². The van der Waals surface area contributed by atoms with Crippen LogP contribution in [0.2, 0.25) is 0 Å². The summed E-state index contributed by atoms with van der Waals surface area (Å²) >= 11 is 10.2. The fraction of sp³-hybridized carbons (Fsp3) is 0.250. The second-order valence-electron chi connectivity index (χ2n) is 4.84. The van der Waals surface area contributed by atoms with Gasteiger partial charge in [-0.25, -0.2) is 0 Å². The standard InChI is InChI=1S/C16H14BrClO/c1-10-2-3-13(9-14(10)17)16(18)12-4-5-15-11(8-12)6-7-19-15/h2-5,8-9,16H,6-7H2,1H3. The zero-order chi connectivity index (χ0) is 13.4. The summed E-state index contributed by atoms with van der Waals surface area (Å²) in [4.78, 5) is 0. The number of ether oxygens (including phenoxy) is 1. The highest BCUT2D eigenvalue weighted by molar-refractivity contribution is 9.10. The lowest BCUT2D eigenvalue weighted by molar-refractivity contribution is 0.357. The number of hydrogen-bond acceptors (Lipinski definition) is 1. The summed E-state index contributed by atoms with van der Waals surface area (Å²) in [6.07, 6.45) is 0.977. The highest BCUT2D eigenvalue weighted by Gasteiger charge is 2.17. The lowest BCUT2D eigenvalue weighted by Crippen LogP contribution is -1.95.